The van der Waals surface area contributed by atoms with Crippen molar-refractivity contribution in [3.8, 4) is 0 Å². The lowest BCUT2D eigenvalue weighted by Crippen LogP contribution is -2.16. The molecule has 0 fully saturated rings. The summed E-state index contributed by atoms with van der Waals surface area (Å²) in [6, 6.07) is -0.401. The van der Waals surface area contributed by atoms with Gasteiger partial charge in [-0.25, -0.2) is 4.98 Å². The smallest absolute Gasteiger partial charge is 0.307 e. The van der Waals surface area contributed by atoms with Crippen LogP contribution in [0.5, 0.6) is 0 Å². The number of nitrogens with one attached hydrogen (secondary N) is 1. The molecule has 1 N–H and O–H groups in total. The van der Waals surface area contributed by atoms with Crippen LogP contribution in [0.2, 0.25) is 0 Å². The van der Waals surface area contributed by atoms with Crippen LogP contribution < -0.4 is 5.32 Å². The molecule has 2 heterocycles. The Morgan fingerprint density at radius 2 is 2.18 bits per heavy atom. The van der Waals surface area contributed by atoms with Gasteiger partial charge in [-0.3, -0.25) is 0 Å². The van der Waals surface area contributed by atoms with Crippen molar-refractivity contribution in [1.82, 2.24) is 19.9 Å². The van der Waals surface area contributed by atoms with Gasteiger partial charge in [-0.15, -0.1) is 16.4 Å². The molecule has 0 amide bonds. The summed E-state index contributed by atoms with van der Waals surface area (Å²) < 4.78 is 40.9. The highest BCUT2D eigenvalue weighted by Crippen LogP contribution is 2.35. The van der Waals surface area contributed by atoms with Crippen molar-refractivity contribution in [3.05, 3.63) is 27.2 Å². The highest BCUT2D eigenvalue weighted by Gasteiger charge is 2.35. The summed E-state index contributed by atoms with van der Waals surface area (Å²) in [5.41, 5.74) is 0.592. The summed E-state index contributed by atoms with van der Waals surface area (Å²) in [7, 11) is 1.65. The van der Waals surface area contributed by atoms with Crippen LogP contribution in [-0.2, 0) is 6.18 Å². The minimum Gasteiger partial charge on any atom is -0.307 e. The highest BCUT2D eigenvalue weighted by atomic mass is 32.1. The molecule has 0 saturated carbocycles. The van der Waals surface area contributed by atoms with Gasteiger partial charge in [-0.1, -0.05) is 4.49 Å². The molecule has 2 aromatic rings. The van der Waals surface area contributed by atoms with Crippen LogP contribution in [0.25, 0.3) is 0 Å². The maximum Gasteiger partial charge on any atom is 0.443 e. The second-order valence-corrected chi connectivity index (χ2v) is 4.79. The molecule has 2 aromatic heterocycles. The van der Waals surface area contributed by atoms with Crippen LogP contribution in [0.15, 0.2) is 11.6 Å². The normalized spacial score (nSPS) is 13.9. The van der Waals surface area contributed by atoms with Crippen LogP contribution in [0, 0.1) is 0 Å². The van der Waals surface area contributed by atoms with Gasteiger partial charge in [0.15, 0.2) is 5.01 Å². The third-order valence-electron chi connectivity index (χ3n) is 2.01. The van der Waals surface area contributed by atoms with E-state index in [0.717, 1.165) is 11.5 Å². The van der Waals surface area contributed by atoms with Gasteiger partial charge in [0, 0.05) is 16.5 Å². The lowest BCUT2D eigenvalue weighted by Gasteiger charge is -2.09. The average Bonchev–Trinajstić information content (AvgIpc) is 2.87. The van der Waals surface area contributed by atoms with Gasteiger partial charge in [-0.05, 0) is 18.6 Å². The Kier molecular flexibility index (Phi) is 3.40. The van der Waals surface area contributed by atoms with E-state index in [9.17, 15) is 13.2 Å². The fraction of sp³-hybridized carbons (Fsp3) is 0.375. The Balaban J connectivity index is 2.30. The van der Waals surface area contributed by atoms with E-state index in [2.05, 4.69) is 19.9 Å². The lowest BCUT2D eigenvalue weighted by molar-refractivity contribution is -0.137. The minimum atomic E-state index is -4.40. The molecule has 0 spiro atoms. The van der Waals surface area contributed by atoms with Gasteiger partial charge >= 0.3 is 6.18 Å². The van der Waals surface area contributed by atoms with E-state index in [1.807, 2.05) is 0 Å². The van der Waals surface area contributed by atoms with Crippen molar-refractivity contribution in [2.75, 3.05) is 7.05 Å². The van der Waals surface area contributed by atoms with Crippen LogP contribution in [-0.4, -0.2) is 21.6 Å². The quantitative estimate of drug-likeness (QED) is 0.937. The number of aromatic nitrogens is 3. The second kappa shape index (κ2) is 4.67. The van der Waals surface area contributed by atoms with Crippen LogP contribution >= 0.6 is 22.9 Å². The minimum absolute atomic E-state index is 0.401. The Hall–Kier alpha value is -1.06. The topological polar surface area (TPSA) is 50.7 Å². The zero-order chi connectivity index (χ0) is 12.5. The number of hydrogen-bond acceptors (Lipinski definition) is 6. The van der Waals surface area contributed by atoms with Gasteiger partial charge in [0.1, 0.15) is 0 Å². The standard InChI is InChI=1S/C8H7F3N4S2/c1-12-6(4-3-16-15-14-4)5-2-13-7(17-5)8(9,10)11/h2-3,6,12H,1H3. The van der Waals surface area contributed by atoms with Crippen LogP contribution in [0.3, 0.4) is 0 Å². The van der Waals surface area contributed by atoms with Gasteiger partial charge in [0.2, 0.25) is 0 Å². The Morgan fingerprint density at radius 3 is 2.65 bits per heavy atom. The molecule has 0 aliphatic heterocycles. The monoisotopic (exact) mass is 280 g/mol. The Morgan fingerprint density at radius 1 is 1.41 bits per heavy atom. The van der Waals surface area contributed by atoms with Crippen molar-refractivity contribution in [1.29, 1.82) is 0 Å². The number of rotatable bonds is 3. The zero-order valence-electron chi connectivity index (χ0n) is 8.52. The largest absolute Gasteiger partial charge is 0.443 e. The number of nitrogens with zero attached hydrogens (tertiary/aromatic N) is 3. The maximum absolute atomic E-state index is 12.4. The van der Waals surface area contributed by atoms with E-state index in [-0.39, 0.29) is 0 Å². The molecule has 92 valence electrons. The molecule has 0 aliphatic carbocycles. The molecule has 4 nitrogen and oxygen atoms in total. The first-order chi connectivity index (χ1) is 8.02. The first-order valence-corrected chi connectivity index (χ1v) is 6.15. The summed E-state index contributed by atoms with van der Waals surface area (Å²) in [4.78, 5) is 3.84. The molecule has 17 heavy (non-hydrogen) atoms. The van der Waals surface area contributed by atoms with Crippen molar-refractivity contribution < 1.29 is 13.2 Å². The molecule has 0 saturated heterocycles. The zero-order valence-corrected chi connectivity index (χ0v) is 10.2. The highest BCUT2D eigenvalue weighted by molar-refractivity contribution is 7.11. The molecule has 0 radical (unpaired) electrons. The first kappa shape index (κ1) is 12.4. The van der Waals surface area contributed by atoms with E-state index < -0.39 is 17.2 Å². The average molecular weight is 280 g/mol. The summed E-state index contributed by atoms with van der Waals surface area (Å²) in [5.74, 6) is 0. The number of thiazole rings is 1. The number of hydrogen-bond donors (Lipinski definition) is 1. The van der Waals surface area contributed by atoms with Crippen molar-refractivity contribution in [2.24, 2.45) is 0 Å². The molecular weight excluding hydrogens is 273 g/mol. The lowest BCUT2D eigenvalue weighted by atomic mass is 10.2. The van der Waals surface area contributed by atoms with Crippen LogP contribution in [0.1, 0.15) is 21.6 Å². The molecular formula is C8H7F3N4S2. The molecule has 9 heteroatoms. The summed E-state index contributed by atoms with van der Waals surface area (Å²) >= 11 is 1.76. The Bertz CT molecular complexity index is 479. The van der Waals surface area contributed by atoms with Crippen LogP contribution in [0.4, 0.5) is 13.2 Å². The summed E-state index contributed by atoms with van der Waals surface area (Å²) in [5, 5.41) is 7.57. The first-order valence-electron chi connectivity index (χ1n) is 4.49. The fourth-order valence-electron chi connectivity index (χ4n) is 1.28. The van der Waals surface area contributed by atoms with Crippen molar-refractivity contribution >= 4 is 22.9 Å². The molecule has 2 rings (SSSR count). The molecule has 1 unspecified atom stereocenters. The predicted octanol–water partition coefficient (Wildman–Crippen LogP) is 2.32. The van der Waals surface area contributed by atoms with Crippen molar-refractivity contribution in [3.63, 3.8) is 0 Å². The molecule has 0 bridgehead atoms. The third kappa shape index (κ3) is 2.61. The van der Waals surface area contributed by atoms with E-state index in [1.165, 1.54) is 6.20 Å². The summed E-state index contributed by atoms with van der Waals surface area (Å²) in [6.45, 7) is 0. The van der Waals surface area contributed by atoms with Gasteiger partial charge in [-0.2, -0.15) is 13.2 Å². The van der Waals surface area contributed by atoms with Gasteiger partial charge in [0.05, 0.1) is 11.7 Å². The van der Waals surface area contributed by atoms with E-state index in [4.69, 9.17) is 0 Å². The Labute approximate surface area is 103 Å². The van der Waals surface area contributed by atoms with E-state index in [1.54, 1.807) is 12.4 Å². The molecule has 0 aromatic carbocycles. The van der Waals surface area contributed by atoms with E-state index in [0.29, 0.717) is 21.9 Å². The SMILES string of the molecule is CNC(c1csnn1)c1cnc(C(F)(F)F)s1. The molecule has 1 atom stereocenters. The van der Waals surface area contributed by atoms with Crippen molar-refractivity contribution in [2.45, 2.75) is 12.2 Å². The van der Waals surface area contributed by atoms with Gasteiger partial charge < -0.3 is 5.32 Å². The number of halogens is 3. The predicted molar refractivity (Wildman–Crippen MR) is 57.9 cm³/mol. The van der Waals surface area contributed by atoms with Gasteiger partial charge in [0.25, 0.3) is 0 Å². The number of alkyl halides is 3. The third-order valence-corrected chi connectivity index (χ3v) is 3.64. The molecule has 0 aliphatic rings. The second-order valence-electron chi connectivity index (χ2n) is 3.12. The fourth-order valence-corrected chi connectivity index (χ4v) is 2.67. The maximum atomic E-state index is 12.4. The summed E-state index contributed by atoms with van der Waals surface area (Å²) in [6.07, 6.45) is -3.18. The van der Waals surface area contributed by atoms with E-state index >= 15 is 0 Å².